The Kier molecular flexibility index (Phi) is 5.38. The second-order valence-corrected chi connectivity index (χ2v) is 6.58. The van der Waals surface area contributed by atoms with Gasteiger partial charge in [0.15, 0.2) is 0 Å². The van der Waals surface area contributed by atoms with E-state index >= 15 is 0 Å². The van der Waals surface area contributed by atoms with E-state index in [1.54, 1.807) is 7.11 Å². The molecule has 0 amide bonds. The van der Waals surface area contributed by atoms with E-state index in [2.05, 4.69) is 68.6 Å². The summed E-state index contributed by atoms with van der Waals surface area (Å²) in [5.41, 5.74) is 1.62. The zero-order valence-corrected chi connectivity index (χ0v) is 13.6. The predicted molar refractivity (Wildman–Crippen MR) is 90.6 cm³/mol. The summed E-state index contributed by atoms with van der Waals surface area (Å²) >= 11 is 0. The molecule has 21 heavy (non-hydrogen) atoms. The second kappa shape index (κ2) is 7.06. The predicted octanol–water partition coefficient (Wildman–Crippen LogP) is 4.55. The molecule has 0 saturated heterocycles. The molecule has 0 saturated carbocycles. The molecule has 0 radical (unpaired) electrons. The van der Waals surface area contributed by atoms with Crippen molar-refractivity contribution in [3.05, 3.63) is 48.0 Å². The molecule has 114 valence electrons. The maximum atomic E-state index is 5.20. The fraction of sp³-hybridized carbons (Fsp3) is 0.474. The Bertz CT molecular complexity index is 571. The number of hydrogen-bond donors (Lipinski definition) is 1. The van der Waals surface area contributed by atoms with Crippen molar-refractivity contribution in [3.8, 4) is 0 Å². The van der Waals surface area contributed by atoms with Crippen LogP contribution in [0.4, 0.5) is 0 Å². The first-order chi connectivity index (χ1) is 10.0. The first-order valence-electron chi connectivity index (χ1n) is 7.73. The molecular weight excluding hydrogens is 258 g/mol. The van der Waals surface area contributed by atoms with Crippen LogP contribution >= 0.6 is 0 Å². The molecular formula is C19H27NO. The number of rotatable bonds is 7. The van der Waals surface area contributed by atoms with Gasteiger partial charge in [-0.05, 0) is 35.1 Å². The van der Waals surface area contributed by atoms with Gasteiger partial charge in [0.05, 0.1) is 0 Å². The monoisotopic (exact) mass is 285 g/mol. The first-order valence-corrected chi connectivity index (χ1v) is 7.73. The fourth-order valence-corrected chi connectivity index (χ4v) is 2.63. The Hall–Kier alpha value is -1.38. The summed E-state index contributed by atoms with van der Waals surface area (Å²) in [6.45, 7) is 8.62. The van der Waals surface area contributed by atoms with Gasteiger partial charge in [-0.3, -0.25) is 0 Å². The Morgan fingerprint density at radius 2 is 1.81 bits per heavy atom. The van der Waals surface area contributed by atoms with Crippen molar-refractivity contribution in [3.63, 3.8) is 0 Å². The highest BCUT2D eigenvalue weighted by Gasteiger charge is 2.19. The van der Waals surface area contributed by atoms with Crippen LogP contribution in [-0.4, -0.2) is 20.3 Å². The van der Waals surface area contributed by atoms with Crippen LogP contribution < -0.4 is 5.32 Å². The van der Waals surface area contributed by atoms with Crippen molar-refractivity contribution in [1.29, 1.82) is 0 Å². The van der Waals surface area contributed by atoms with Gasteiger partial charge in [-0.1, -0.05) is 56.3 Å². The van der Waals surface area contributed by atoms with E-state index in [4.69, 9.17) is 4.74 Å². The largest absolute Gasteiger partial charge is 0.385 e. The average Bonchev–Trinajstić information content (AvgIpc) is 2.50. The SMILES string of the molecule is COCCC(C)(C)CNC(C)c1cccc2ccccc12. The molecule has 2 heteroatoms. The van der Waals surface area contributed by atoms with Gasteiger partial charge in [-0.15, -0.1) is 0 Å². The van der Waals surface area contributed by atoms with Crippen LogP contribution in [0.25, 0.3) is 10.8 Å². The molecule has 1 atom stereocenters. The van der Waals surface area contributed by atoms with Gasteiger partial charge in [0.25, 0.3) is 0 Å². The fourth-order valence-electron chi connectivity index (χ4n) is 2.63. The standard InChI is InChI=1S/C19H27NO/c1-15(20-14-19(2,3)12-13-21-4)17-11-7-9-16-8-5-6-10-18(16)17/h5-11,15,20H,12-14H2,1-4H3. The molecule has 0 spiro atoms. The highest BCUT2D eigenvalue weighted by Crippen LogP contribution is 2.26. The van der Waals surface area contributed by atoms with Crippen LogP contribution in [-0.2, 0) is 4.74 Å². The van der Waals surface area contributed by atoms with Gasteiger partial charge in [-0.25, -0.2) is 0 Å². The third-order valence-electron chi connectivity index (χ3n) is 4.16. The third-order valence-corrected chi connectivity index (χ3v) is 4.16. The highest BCUT2D eigenvalue weighted by molar-refractivity contribution is 5.86. The summed E-state index contributed by atoms with van der Waals surface area (Å²) < 4.78 is 5.20. The van der Waals surface area contributed by atoms with Crippen molar-refractivity contribution in [2.75, 3.05) is 20.3 Å². The summed E-state index contributed by atoms with van der Waals surface area (Å²) in [6, 6.07) is 15.5. The van der Waals surface area contributed by atoms with Crippen LogP contribution in [0.5, 0.6) is 0 Å². The lowest BCUT2D eigenvalue weighted by molar-refractivity contribution is 0.149. The van der Waals surface area contributed by atoms with Crippen LogP contribution in [0.15, 0.2) is 42.5 Å². The summed E-state index contributed by atoms with van der Waals surface area (Å²) in [7, 11) is 1.77. The van der Waals surface area contributed by atoms with Gasteiger partial charge < -0.3 is 10.1 Å². The summed E-state index contributed by atoms with van der Waals surface area (Å²) in [6.07, 6.45) is 1.07. The molecule has 1 N–H and O–H groups in total. The van der Waals surface area contributed by atoms with Crippen molar-refractivity contribution in [2.24, 2.45) is 5.41 Å². The molecule has 0 bridgehead atoms. The Balaban J connectivity index is 2.07. The molecule has 0 aliphatic rings. The summed E-state index contributed by atoms with van der Waals surface area (Å²) in [5.74, 6) is 0. The molecule has 0 aliphatic carbocycles. The second-order valence-electron chi connectivity index (χ2n) is 6.58. The number of nitrogens with one attached hydrogen (secondary N) is 1. The quantitative estimate of drug-likeness (QED) is 0.805. The Morgan fingerprint density at radius 1 is 1.10 bits per heavy atom. The number of benzene rings is 2. The highest BCUT2D eigenvalue weighted by atomic mass is 16.5. The number of hydrogen-bond acceptors (Lipinski definition) is 2. The summed E-state index contributed by atoms with van der Waals surface area (Å²) in [5, 5.41) is 6.33. The Labute approximate surface area is 128 Å². The summed E-state index contributed by atoms with van der Waals surface area (Å²) in [4.78, 5) is 0. The zero-order chi connectivity index (χ0) is 15.3. The minimum Gasteiger partial charge on any atom is -0.385 e. The number of ether oxygens (including phenoxy) is 1. The van der Waals surface area contributed by atoms with Gasteiger partial charge in [0, 0.05) is 26.3 Å². The smallest absolute Gasteiger partial charge is 0.0467 e. The van der Waals surface area contributed by atoms with Crippen LogP contribution in [0, 0.1) is 5.41 Å². The third kappa shape index (κ3) is 4.29. The topological polar surface area (TPSA) is 21.3 Å². The first kappa shape index (κ1) is 16.0. The molecule has 1 unspecified atom stereocenters. The van der Waals surface area contributed by atoms with Crippen LogP contribution in [0.1, 0.15) is 38.8 Å². The van der Waals surface area contributed by atoms with Crippen molar-refractivity contribution in [2.45, 2.75) is 33.2 Å². The minimum atomic E-state index is 0.245. The van der Waals surface area contributed by atoms with Crippen molar-refractivity contribution >= 4 is 10.8 Å². The molecule has 2 aromatic carbocycles. The van der Waals surface area contributed by atoms with Crippen molar-refractivity contribution < 1.29 is 4.74 Å². The lowest BCUT2D eigenvalue weighted by Crippen LogP contribution is -2.32. The average molecular weight is 285 g/mol. The van der Waals surface area contributed by atoms with Crippen molar-refractivity contribution in [1.82, 2.24) is 5.32 Å². The van der Waals surface area contributed by atoms with Crippen LogP contribution in [0.3, 0.4) is 0 Å². The Morgan fingerprint density at radius 3 is 2.57 bits per heavy atom. The molecule has 2 rings (SSSR count). The van der Waals surface area contributed by atoms with Gasteiger partial charge in [0.1, 0.15) is 0 Å². The molecule has 2 aromatic rings. The molecule has 2 nitrogen and oxygen atoms in total. The maximum Gasteiger partial charge on any atom is 0.0467 e. The minimum absolute atomic E-state index is 0.245. The normalized spacial score (nSPS) is 13.5. The van der Waals surface area contributed by atoms with E-state index in [1.165, 1.54) is 16.3 Å². The zero-order valence-electron chi connectivity index (χ0n) is 13.6. The number of methoxy groups -OCH3 is 1. The lowest BCUT2D eigenvalue weighted by atomic mass is 9.89. The van der Waals surface area contributed by atoms with E-state index < -0.39 is 0 Å². The molecule has 0 aliphatic heterocycles. The van der Waals surface area contributed by atoms with Gasteiger partial charge >= 0.3 is 0 Å². The maximum absolute atomic E-state index is 5.20. The lowest BCUT2D eigenvalue weighted by Gasteiger charge is -2.27. The van der Waals surface area contributed by atoms with E-state index in [-0.39, 0.29) is 5.41 Å². The van der Waals surface area contributed by atoms with Gasteiger partial charge in [-0.2, -0.15) is 0 Å². The van der Waals surface area contributed by atoms with Crippen LogP contribution in [0.2, 0.25) is 0 Å². The molecule has 0 fully saturated rings. The van der Waals surface area contributed by atoms with E-state index in [0.29, 0.717) is 6.04 Å². The molecule has 0 aromatic heterocycles. The van der Waals surface area contributed by atoms with E-state index in [1.807, 2.05) is 0 Å². The van der Waals surface area contributed by atoms with Gasteiger partial charge in [0.2, 0.25) is 0 Å². The molecule has 0 heterocycles. The van der Waals surface area contributed by atoms with E-state index in [0.717, 1.165) is 19.6 Å². The number of fused-ring (bicyclic) bond motifs is 1. The van der Waals surface area contributed by atoms with E-state index in [9.17, 15) is 0 Å².